The summed E-state index contributed by atoms with van der Waals surface area (Å²) in [5.41, 5.74) is 1.73. The quantitative estimate of drug-likeness (QED) is 0.802. The fourth-order valence-electron chi connectivity index (χ4n) is 1.86. The molecule has 2 rings (SSSR count). The van der Waals surface area contributed by atoms with Gasteiger partial charge in [0.2, 0.25) is 0 Å². The minimum Gasteiger partial charge on any atom is -0.505 e. The molecule has 0 heterocycles. The first-order valence-electron chi connectivity index (χ1n) is 6.18. The van der Waals surface area contributed by atoms with Gasteiger partial charge in [-0.2, -0.15) is 0 Å². The Kier molecular flexibility index (Phi) is 5.04. The number of benzene rings is 2. The van der Waals surface area contributed by atoms with Crippen molar-refractivity contribution < 1.29 is 14.6 Å². The second-order valence-electron chi connectivity index (χ2n) is 4.33. The SMILES string of the molecule is COc1ccc(CNc2cc(Cl)c(O)c(Cl)c2)cc1OC. The van der Waals surface area contributed by atoms with Crippen molar-refractivity contribution in [3.63, 3.8) is 0 Å². The van der Waals surface area contributed by atoms with E-state index in [1.165, 1.54) is 0 Å². The van der Waals surface area contributed by atoms with Gasteiger partial charge in [0.15, 0.2) is 17.2 Å². The van der Waals surface area contributed by atoms with Crippen LogP contribution in [0.5, 0.6) is 17.2 Å². The Labute approximate surface area is 133 Å². The summed E-state index contributed by atoms with van der Waals surface area (Å²) in [6.45, 7) is 0.553. The molecule has 112 valence electrons. The van der Waals surface area contributed by atoms with Crippen LogP contribution in [0.1, 0.15) is 5.56 Å². The lowest BCUT2D eigenvalue weighted by atomic mass is 10.2. The Hall–Kier alpha value is -1.78. The topological polar surface area (TPSA) is 50.7 Å². The number of halogens is 2. The molecular formula is C15H15Cl2NO3. The average Bonchev–Trinajstić information content (AvgIpc) is 2.50. The second kappa shape index (κ2) is 6.78. The molecule has 0 radical (unpaired) electrons. The first-order valence-corrected chi connectivity index (χ1v) is 6.93. The van der Waals surface area contributed by atoms with Gasteiger partial charge >= 0.3 is 0 Å². The van der Waals surface area contributed by atoms with Crippen LogP contribution < -0.4 is 14.8 Å². The fourth-order valence-corrected chi connectivity index (χ4v) is 2.35. The Morgan fingerprint density at radius 1 is 1.00 bits per heavy atom. The molecule has 4 nitrogen and oxygen atoms in total. The van der Waals surface area contributed by atoms with Gasteiger partial charge in [-0.05, 0) is 29.8 Å². The molecule has 0 aliphatic heterocycles. The van der Waals surface area contributed by atoms with Crippen molar-refractivity contribution >= 4 is 28.9 Å². The summed E-state index contributed by atoms with van der Waals surface area (Å²) < 4.78 is 10.4. The van der Waals surface area contributed by atoms with Crippen molar-refractivity contribution in [1.82, 2.24) is 0 Å². The van der Waals surface area contributed by atoms with Gasteiger partial charge in [0.1, 0.15) is 0 Å². The summed E-state index contributed by atoms with van der Waals surface area (Å²) in [4.78, 5) is 0. The zero-order valence-corrected chi connectivity index (χ0v) is 13.1. The van der Waals surface area contributed by atoms with Gasteiger partial charge in [-0.25, -0.2) is 0 Å². The molecule has 0 saturated heterocycles. The maximum Gasteiger partial charge on any atom is 0.161 e. The fraction of sp³-hybridized carbons (Fsp3) is 0.200. The highest BCUT2D eigenvalue weighted by atomic mass is 35.5. The number of anilines is 1. The molecule has 0 bridgehead atoms. The van der Waals surface area contributed by atoms with E-state index in [-0.39, 0.29) is 15.8 Å². The Morgan fingerprint density at radius 3 is 2.19 bits per heavy atom. The summed E-state index contributed by atoms with van der Waals surface area (Å²) in [7, 11) is 3.19. The Bertz CT molecular complexity index is 624. The molecule has 2 N–H and O–H groups in total. The number of hydrogen-bond acceptors (Lipinski definition) is 4. The summed E-state index contributed by atoms with van der Waals surface area (Å²) >= 11 is 11.8. The van der Waals surface area contributed by atoms with Gasteiger partial charge in [-0.1, -0.05) is 29.3 Å². The summed E-state index contributed by atoms with van der Waals surface area (Å²) in [6, 6.07) is 8.88. The Morgan fingerprint density at radius 2 is 1.62 bits per heavy atom. The molecule has 0 fully saturated rings. The number of ether oxygens (including phenoxy) is 2. The second-order valence-corrected chi connectivity index (χ2v) is 5.15. The average molecular weight is 328 g/mol. The summed E-state index contributed by atoms with van der Waals surface area (Å²) in [5.74, 6) is 1.23. The molecule has 0 atom stereocenters. The largest absolute Gasteiger partial charge is 0.505 e. The van der Waals surface area contributed by atoms with Crippen LogP contribution in [-0.2, 0) is 6.54 Å². The van der Waals surface area contributed by atoms with Crippen LogP contribution in [0, 0.1) is 0 Å². The van der Waals surface area contributed by atoms with Gasteiger partial charge in [-0.15, -0.1) is 0 Å². The summed E-state index contributed by atoms with van der Waals surface area (Å²) in [5, 5.41) is 13.1. The van der Waals surface area contributed by atoms with Crippen LogP contribution in [0.2, 0.25) is 10.0 Å². The number of hydrogen-bond donors (Lipinski definition) is 2. The molecule has 0 unspecified atom stereocenters. The van der Waals surface area contributed by atoms with Crippen molar-refractivity contribution in [2.75, 3.05) is 19.5 Å². The van der Waals surface area contributed by atoms with Gasteiger partial charge in [0.05, 0.1) is 24.3 Å². The maximum atomic E-state index is 9.52. The third-order valence-corrected chi connectivity index (χ3v) is 3.54. The van der Waals surface area contributed by atoms with Crippen molar-refractivity contribution in [3.05, 3.63) is 45.9 Å². The molecular weight excluding hydrogens is 313 g/mol. The van der Waals surface area contributed by atoms with Gasteiger partial charge in [-0.3, -0.25) is 0 Å². The lowest BCUT2D eigenvalue weighted by Gasteiger charge is -2.12. The van der Waals surface area contributed by atoms with E-state index < -0.39 is 0 Å². The molecule has 0 saturated carbocycles. The lowest BCUT2D eigenvalue weighted by molar-refractivity contribution is 0.354. The predicted octanol–water partition coefficient (Wildman–Crippen LogP) is 4.33. The minimum atomic E-state index is -0.116. The number of phenolic OH excluding ortho intramolecular Hbond substituents is 1. The van der Waals surface area contributed by atoms with Gasteiger partial charge in [0, 0.05) is 12.2 Å². The van der Waals surface area contributed by atoms with E-state index in [0.29, 0.717) is 18.0 Å². The predicted molar refractivity (Wildman–Crippen MR) is 85.0 cm³/mol. The number of methoxy groups -OCH3 is 2. The molecule has 0 aromatic heterocycles. The molecule has 0 amide bonds. The van der Waals surface area contributed by atoms with Crippen LogP contribution in [0.3, 0.4) is 0 Å². The standard InChI is InChI=1S/C15H15Cl2NO3/c1-20-13-4-3-9(5-14(13)21-2)8-18-10-6-11(16)15(19)12(17)7-10/h3-7,18-19H,8H2,1-2H3. The lowest BCUT2D eigenvalue weighted by Crippen LogP contribution is -2.00. The van der Waals surface area contributed by atoms with E-state index in [9.17, 15) is 5.11 Å². The third-order valence-electron chi connectivity index (χ3n) is 2.96. The van der Waals surface area contributed by atoms with E-state index in [1.54, 1.807) is 26.4 Å². The third kappa shape index (κ3) is 3.65. The number of phenols is 1. The van der Waals surface area contributed by atoms with Crippen LogP contribution >= 0.6 is 23.2 Å². The van der Waals surface area contributed by atoms with E-state index >= 15 is 0 Å². The van der Waals surface area contributed by atoms with Gasteiger partial charge < -0.3 is 19.9 Å². The molecule has 0 spiro atoms. The highest BCUT2D eigenvalue weighted by Crippen LogP contribution is 2.35. The summed E-state index contributed by atoms with van der Waals surface area (Å²) in [6.07, 6.45) is 0. The van der Waals surface area contributed by atoms with E-state index in [1.807, 2.05) is 18.2 Å². The van der Waals surface area contributed by atoms with Crippen LogP contribution in [0.25, 0.3) is 0 Å². The van der Waals surface area contributed by atoms with Crippen LogP contribution in [0.4, 0.5) is 5.69 Å². The van der Waals surface area contributed by atoms with Gasteiger partial charge in [0.25, 0.3) is 0 Å². The van der Waals surface area contributed by atoms with E-state index in [4.69, 9.17) is 32.7 Å². The molecule has 2 aromatic carbocycles. The minimum absolute atomic E-state index is 0.116. The first-order chi connectivity index (χ1) is 10.0. The van der Waals surface area contributed by atoms with Crippen molar-refractivity contribution in [2.24, 2.45) is 0 Å². The molecule has 0 aliphatic rings. The highest BCUT2D eigenvalue weighted by molar-refractivity contribution is 6.37. The maximum absolute atomic E-state index is 9.52. The van der Waals surface area contributed by atoms with Crippen LogP contribution in [0.15, 0.2) is 30.3 Å². The monoisotopic (exact) mass is 327 g/mol. The normalized spacial score (nSPS) is 10.3. The van der Waals surface area contributed by atoms with Crippen molar-refractivity contribution in [2.45, 2.75) is 6.54 Å². The van der Waals surface area contributed by atoms with E-state index in [2.05, 4.69) is 5.32 Å². The van der Waals surface area contributed by atoms with Crippen LogP contribution in [-0.4, -0.2) is 19.3 Å². The Balaban J connectivity index is 2.13. The smallest absolute Gasteiger partial charge is 0.161 e. The number of rotatable bonds is 5. The zero-order valence-electron chi connectivity index (χ0n) is 11.6. The number of nitrogens with one attached hydrogen (secondary N) is 1. The highest BCUT2D eigenvalue weighted by Gasteiger charge is 2.08. The van der Waals surface area contributed by atoms with Crippen molar-refractivity contribution in [3.8, 4) is 17.2 Å². The number of aromatic hydroxyl groups is 1. The van der Waals surface area contributed by atoms with Crippen molar-refractivity contribution in [1.29, 1.82) is 0 Å². The molecule has 2 aromatic rings. The molecule has 21 heavy (non-hydrogen) atoms. The molecule has 0 aliphatic carbocycles. The van der Waals surface area contributed by atoms with E-state index in [0.717, 1.165) is 11.3 Å². The molecule has 6 heteroatoms. The first kappa shape index (κ1) is 15.6. The zero-order chi connectivity index (χ0) is 15.4.